The SMILES string of the molecule is CCOC(=[NH2+])c1ccc(-c2cn3ccccc3n2)cc1.[Cl-]. The zero-order chi connectivity index (χ0) is 13.9. The zero-order valence-electron chi connectivity index (χ0n) is 11.7. The first kappa shape index (κ1) is 15.1. The highest BCUT2D eigenvalue weighted by Crippen LogP contribution is 2.19. The summed E-state index contributed by atoms with van der Waals surface area (Å²) in [6.45, 7) is 2.48. The summed E-state index contributed by atoms with van der Waals surface area (Å²) in [5.41, 5.74) is 3.82. The van der Waals surface area contributed by atoms with Gasteiger partial charge in [0.1, 0.15) is 5.65 Å². The summed E-state index contributed by atoms with van der Waals surface area (Å²) < 4.78 is 7.30. The predicted molar refractivity (Wildman–Crippen MR) is 78.3 cm³/mol. The van der Waals surface area contributed by atoms with Crippen LogP contribution in [0.3, 0.4) is 0 Å². The highest BCUT2D eigenvalue weighted by Gasteiger charge is 2.09. The Labute approximate surface area is 129 Å². The summed E-state index contributed by atoms with van der Waals surface area (Å²) in [6.07, 6.45) is 4.00. The van der Waals surface area contributed by atoms with Crippen molar-refractivity contribution in [3.05, 3.63) is 60.4 Å². The first-order valence-electron chi connectivity index (χ1n) is 6.57. The van der Waals surface area contributed by atoms with Crippen LogP contribution in [-0.2, 0) is 4.74 Å². The van der Waals surface area contributed by atoms with Gasteiger partial charge in [0.05, 0.1) is 17.9 Å². The summed E-state index contributed by atoms with van der Waals surface area (Å²) in [7, 11) is 0. The number of benzene rings is 1. The molecule has 3 aromatic rings. The Morgan fingerprint density at radius 3 is 2.62 bits per heavy atom. The Morgan fingerprint density at radius 1 is 1.19 bits per heavy atom. The highest BCUT2D eigenvalue weighted by molar-refractivity contribution is 5.89. The second-order valence-electron chi connectivity index (χ2n) is 4.47. The van der Waals surface area contributed by atoms with Gasteiger partial charge in [-0.05, 0) is 31.2 Å². The number of nitrogens with two attached hydrogens (primary N) is 1. The lowest BCUT2D eigenvalue weighted by Crippen LogP contribution is -3.00. The number of aromatic nitrogens is 2. The van der Waals surface area contributed by atoms with Crippen molar-refractivity contribution in [2.24, 2.45) is 0 Å². The van der Waals surface area contributed by atoms with E-state index in [-0.39, 0.29) is 12.4 Å². The van der Waals surface area contributed by atoms with Gasteiger partial charge in [-0.2, -0.15) is 0 Å². The molecule has 0 unspecified atom stereocenters. The third-order valence-corrected chi connectivity index (χ3v) is 3.13. The average molecular weight is 302 g/mol. The molecule has 1 aromatic carbocycles. The Hall–Kier alpha value is -2.33. The lowest BCUT2D eigenvalue weighted by atomic mass is 10.1. The fourth-order valence-corrected chi connectivity index (χ4v) is 2.12. The highest BCUT2D eigenvalue weighted by atomic mass is 35.5. The number of hydrogen-bond donors (Lipinski definition) is 1. The fraction of sp³-hybridized carbons (Fsp3) is 0.125. The molecule has 5 heteroatoms. The van der Waals surface area contributed by atoms with E-state index in [0.717, 1.165) is 22.5 Å². The van der Waals surface area contributed by atoms with Crippen LogP contribution >= 0.6 is 0 Å². The fourth-order valence-electron chi connectivity index (χ4n) is 2.12. The van der Waals surface area contributed by atoms with Gasteiger partial charge in [0, 0.05) is 18.0 Å². The van der Waals surface area contributed by atoms with Crippen LogP contribution in [0.4, 0.5) is 0 Å². The molecule has 0 spiro atoms. The molecule has 21 heavy (non-hydrogen) atoms. The lowest BCUT2D eigenvalue weighted by molar-refractivity contribution is -0.138. The Morgan fingerprint density at radius 2 is 1.95 bits per heavy atom. The van der Waals surface area contributed by atoms with Crippen molar-refractivity contribution in [1.29, 1.82) is 0 Å². The number of nitrogens with zero attached hydrogens (tertiary/aromatic N) is 2. The van der Waals surface area contributed by atoms with E-state index in [1.54, 1.807) is 0 Å². The smallest absolute Gasteiger partial charge is 0.366 e. The molecule has 0 aliphatic carbocycles. The average Bonchev–Trinajstić information content (AvgIpc) is 2.91. The van der Waals surface area contributed by atoms with Gasteiger partial charge in [-0.25, -0.2) is 10.4 Å². The third-order valence-electron chi connectivity index (χ3n) is 3.13. The maximum absolute atomic E-state index is 5.83. The van der Waals surface area contributed by atoms with Crippen LogP contribution in [0.2, 0.25) is 0 Å². The van der Waals surface area contributed by atoms with Crippen LogP contribution < -0.4 is 17.8 Å². The Bertz CT molecular complexity index is 717. The minimum atomic E-state index is 0. The zero-order valence-corrected chi connectivity index (χ0v) is 12.4. The predicted octanol–water partition coefficient (Wildman–Crippen LogP) is -1.45. The van der Waals surface area contributed by atoms with E-state index >= 15 is 0 Å². The summed E-state index contributed by atoms with van der Waals surface area (Å²) in [5.74, 6) is 0.453. The van der Waals surface area contributed by atoms with Gasteiger partial charge >= 0.3 is 5.90 Å². The Kier molecular flexibility index (Phi) is 4.60. The number of pyridine rings is 1. The first-order chi connectivity index (χ1) is 9.78. The summed E-state index contributed by atoms with van der Waals surface area (Å²) in [5, 5.41) is 5.83. The molecule has 0 atom stereocenters. The van der Waals surface area contributed by atoms with Gasteiger partial charge < -0.3 is 21.5 Å². The quantitative estimate of drug-likeness (QED) is 0.475. The molecule has 0 radical (unpaired) electrons. The molecule has 0 saturated heterocycles. The Balaban J connectivity index is 0.00000161. The van der Waals surface area contributed by atoms with Gasteiger partial charge in [-0.3, -0.25) is 0 Å². The van der Waals surface area contributed by atoms with Crippen LogP contribution in [0.5, 0.6) is 0 Å². The molecule has 0 aliphatic rings. The number of imidazole rings is 1. The van der Waals surface area contributed by atoms with Gasteiger partial charge in [-0.1, -0.05) is 18.2 Å². The second kappa shape index (κ2) is 6.41. The summed E-state index contributed by atoms with van der Waals surface area (Å²) in [6, 6.07) is 13.9. The molecule has 0 aliphatic heterocycles. The van der Waals surface area contributed by atoms with Gasteiger partial charge in [-0.15, -0.1) is 0 Å². The number of fused-ring (bicyclic) bond motifs is 1. The molecule has 2 heterocycles. The summed E-state index contributed by atoms with van der Waals surface area (Å²) >= 11 is 0. The van der Waals surface area contributed by atoms with Crippen LogP contribution in [0.15, 0.2) is 54.9 Å². The van der Waals surface area contributed by atoms with E-state index in [2.05, 4.69) is 4.98 Å². The standard InChI is InChI=1S/C16H15N3O.ClH/c1-2-20-16(17)13-8-6-12(7-9-13)14-11-19-10-4-3-5-15(19)18-14;/h3-11,17H,2H2,1H3;1H. The maximum Gasteiger partial charge on any atom is 0.366 e. The van der Waals surface area contributed by atoms with Crippen molar-refractivity contribution < 1.29 is 22.6 Å². The molecule has 4 nitrogen and oxygen atoms in total. The molecule has 0 amide bonds. The van der Waals surface area contributed by atoms with E-state index in [1.165, 1.54) is 0 Å². The normalized spacial score (nSPS) is 10.1. The van der Waals surface area contributed by atoms with Crippen LogP contribution in [0.25, 0.3) is 16.9 Å². The van der Waals surface area contributed by atoms with Crippen LogP contribution in [0.1, 0.15) is 12.5 Å². The molecule has 3 rings (SSSR count). The second-order valence-corrected chi connectivity index (χ2v) is 4.47. The monoisotopic (exact) mass is 301 g/mol. The number of halogens is 1. The minimum absolute atomic E-state index is 0. The molecular formula is C16H16ClN3O. The molecule has 2 N–H and O–H groups in total. The van der Waals surface area contributed by atoms with Crippen molar-refractivity contribution in [1.82, 2.24) is 9.38 Å². The van der Waals surface area contributed by atoms with E-state index < -0.39 is 0 Å². The van der Waals surface area contributed by atoms with Crippen molar-refractivity contribution in [3.63, 3.8) is 0 Å². The van der Waals surface area contributed by atoms with Crippen molar-refractivity contribution >= 4 is 11.5 Å². The molecular weight excluding hydrogens is 286 g/mol. The molecule has 0 saturated carbocycles. The molecule has 108 valence electrons. The van der Waals surface area contributed by atoms with E-state index in [0.29, 0.717) is 12.5 Å². The van der Waals surface area contributed by atoms with Crippen LogP contribution in [-0.4, -0.2) is 21.9 Å². The lowest BCUT2D eigenvalue weighted by Gasteiger charge is -2.01. The number of rotatable bonds is 3. The molecule has 0 bridgehead atoms. The van der Waals surface area contributed by atoms with Crippen molar-refractivity contribution in [3.8, 4) is 11.3 Å². The largest absolute Gasteiger partial charge is 1.00 e. The van der Waals surface area contributed by atoms with E-state index in [4.69, 9.17) is 10.1 Å². The van der Waals surface area contributed by atoms with Gasteiger partial charge in [0.2, 0.25) is 0 Å². The molecule has 2 aromatic heterocycles. The van der Waals surface area contributed by atoms with Crippen molar-refractivity contribution in [2.45, 2.75) is 6.92 Å². The first-order valence-corrected chi connectivity index (χ1v) is 6.57. The van der Waals surface area contributed by atoms with E-state index in [9.17, 15) is 0 Å². The third kappa shape index (κ3) is 3.06. The number of hydrogen-bond acceptors (Lipinski definition) is 2. The van der Waals surface area contributed by atoms with Crippen molar-refractivity contribution in [2.75, 3.05) is 6.61 Å². The van der Waals surface area contributed by atoms with Crippen LogP contribution in [0, 0.1) is 0 Å². The number of ether oxygens (including phenoxy) is 1. The minimum Gasteiger partial charge on any atom is -1.00 e. The topological polar surface area (TPSA) is 52.1 Å². The summed E-state index contributed by atoms with van der Waals surface area (Å²) in [4.78, 5) is 4.59. The molecule has 0 fully saturated rings. The van der Waals surface area contributed by atoms with Gasteiger partial charge in [0.15, 0.2) is 0 Å². The maximum atomic E-state index is 5.83. The van der Waals surface area contributed by atoms with E-state index in [1.807, 2.05) is 66.2 Å². The van der Waals surface area contributed by atoms with Gasteiger partial charge in [0.25, 0.3) is 0 Å².